The predicted octanol–water partition coefficient (Wildman–Crippen LogP) is 0.188. The van der Waals surface area contributed by atoms with Crippen molar-refractivity contribution < 1.29 is 8.42 Å². The number of aromatic amines is 1. The molecule has 0 atom stereocenters. The Bertz CT molecular complexity index is 578. The summed E-state index contributed by atoms with van der Waals surface area (Å²) < 4.78 is 26.0. The number of sulfonamides is 1. The van der Waals surface area contributed by atoms with E-state index in [2.05, 4.69) is 19.9 Å². The van der Waals surface area contributed by atoms with E-state index in [1.165, 1.54) is 30.7 Å². The molecular weight excluding hydrogens is 230 g/mol. The lowest BCUT2D eigenvalue weighted by Crippen LogP contribution is -2.14. The third-order valence-electron chi connectivity index (χ3n) is 1.84. The fourth-order valence-electron chi connectivity index (χ4n) is 1.15. The molecule has 4 N–H and O–H groups in total. The number of hydrogen-bond donors (Lipinski definition) is 3. The number of nitrogens with two attached hydrogens (primary N) is 1. The number of aromatic nitrogens is 3. The van der Waals surface area contributed by atoms with Crippen LogP contribution in [0.2, 0.25) is 0 Å². The normalized spacial score (nSPS) is 11.2. The number of nitrogens with one attached hydrogen (secondary N) is 2. The first-order chi connectivity index (χ1) is 7.59. The summed E-state index contributed by atoms with van der Waals surface area (Å²) in [6, 6.07) is 2.88. The summed E-state index contributed by atoms with van der Waals surface area (Å²) in [5, 5.41) is 6.12. The van der Waals surface area contributed by atoms with Crippen LogP contribution in [0.4, 0.5) is 11.5 Å². The molecule has 2 aromatic heterocycles. The molecule has 0 fully saturated rings. The van der Waals surface area contributed by atoms with Crippen LogP contribution in [-0.4, -0.2) is 23.6 Å². The van der Waals surface area contributed by atoms with Crippen LogP contribution in [-0.2, 0) is 10.0 Å². The van der Waals surface area contributed by atoms with Gasteiger partial charge in [0.15, 0.2) is 0 Å². The van der Waals surface area contributed by atoms with Crippen molar-refractivity contribution in [1.82, 2.24) is 15.2 Å². The highest BCUT2D eigenvalue weighted by atomic mass is 32.2. The van der Waals surface area contributed by atoms with E-state index < -0.39 is 10.0 Å². The van der Waals surface area contributed by atoms with Gasteiger partial charge in [0, 0.05) is 12.4 Å². The van der Waals surface area contributed by atoms with Gasteiger partial charge in [0.1, 0.15) is 10.7 Å². The first-order valence-corrected chi connectivity index (χ1v) is 5.80. The fourth-order valence-corrected chi connectivity index (χ4v) is 2.26. The van der Waals surface area contributed by atoms with Crippen LogP contribution in [0.3, 0.4) is 0 Å². The second-order valence-electron chi connectivity index (χ2n) is 2.98. The van der Waals surface area contributed by atoms with E-state index in [4.69, 9.17) is 5.73 Å². The standard InChI is InChI=1S/C8H9N5O2S/c9-8-7(2-1-3-10-8)16(14,15)13-6-4-11-12-5-6/h1-5,13H,(H2,9,10)(H,11,12). The van der Waals surface area contributed by atoms with Crippen LogP contribution in [0.1, 0.15) is 0 Å². The van der Waals surface area contributed by atoms with Crippen molar-refractivity contribution >= 4 is 21.5 Å². The van der Waals surface area contributed by atoms with Crippen molar-refractivity contribution in [1.29, 1.82) is 0 Å². The SMILES string of the molecule is Nc1ncccc1S(=O)(=O)Nc1cn[nH]c1. The molecule has 0 radical (unpaired) electrons. The van der Waals surface area contributed by atoms with Gasteiger partial charge >= 0.3 is 0 Å². The van der Waals surface area contributed by atoms with E-state index in [9.17, 15) is 8.42 Å². The molecule has 0 spiro atoms. The van der Waals surface area contributed by atoms with E-state index in [-0.39, 0.29) is 10.7 Å². The monoisotopic (exact) mass is 239 g/mol. The Labute approximate surface area is 91.8 Å². The summed E-state index contributed by atoms with van der Waals surface area (Å²) in [5.74, 6) is -0.0431. The molecule has 2 aromatic rings. The number of rotatable bonds is 3. The minimum Gasteiger partial charge on any atom is -0.383 e. The second-order valence-corrected chi connectivity index (χ2v) is 4.63. The Morgan fingerprint density at radius 3 is 2.88 bits per heavy atom. The van der Waals surface area contributed by atoms with Crippen LogP contribution in [0.5, 0.6) is 0 Å². The van der Waals surface area contributed by atoms with Gasteiger partial charge in [-0.3, -0.25) is 9.82 Å². The first kappa shape index (κ1) is 10.4. The van der Waals surface area contributed by atoms with Gasteiger partial charge in [-0.2, -0.15) is 5.10 Å². The highest BCUT2D eigenvalue weighted by molar-refractivity contribution is 7.92. The molecule has 0 unspecified atom stereocenters. The van der Waals surface area contributed by atoms with E-state index in [1.54, 1.807) is 0 Å². The number of H-pyrrole nitrogens is 1. The Kier molecular flexibility index (Phi) is 2.49. The van der Waals surface area contributed by atoms with Crippen LogP contribution in [0, 0.1) is 0 Å². The second kappa shape index (κ2) is 3.81. The van der Waals surface area contributed by atoms with Gasteiger partial charge in [0.2, 0.25) is 0 Å². The third kappa shape index (κ3) is 1.96. The van der Waals surface area contributed by atoms with Crippen molar-refractivity contribution in [3.63, 3.8) is 0 Å². The average Bonchev–Trinajstić information content (AvgIpc) is 2.70. The van der Waals surface area contributed by atoms with Crippen molar-refractivity contribution in [3.05, 3.63) is 30.7 Å². The molecular formula is C8H9N5O2S. The van der Waals surface area contributed by atoms with Crippen LogP contribution < -0.4 is 10.5 Å². The highest BCUT2D eigenvalue weighted by Crippen LogP contribution is 2.18. The van der Waals surface area contributed by atoms with Crippen molar-refractivity contribution in [3.8, 4) is 0 Å². The molecule has 0 aromatic carbocycles. The lowest BCUT2D eigenvalue weighted by Gasteiger charge is -2.06. The van der Waals surface area contributed by atoms with Crippen LogP contribution in [0.25, 0.3) is 0 Å². The maximum Gasteiger partial charge on any atom is 0.265 e. The molecule has 0 amide bonds. The summed E-state index contributed by atoms with van der Waals surface area (Å²) in [6.45, 7) is 0. The highest BCUT2D eigenvalue weighted by Gasteiger charge is 2.18. The van der Waals surface area contributed by atoms with E-state index in [0.29, 0.717) is 5.69 Å². The molecule has 84 valence electrons. The molecule has 0 saturated carbocycles. The zero-order valence-electron chi connectivity index (χ0n) is 8.08. The van der Waals surface area contributed by atoms with Gasteiger partial charge in [-0.25, -0.2) is 13.4 Å². The molecule has 0 aliphatic rings. The molecule has 0 bridgehead atoms. The number of nitrogen functional groups attached to an aromatic ring is 1. The molecule has 16 heavy (non-hydrogen) atoms. The van der Waals surface area contributed by atoms with Gasteiger partial charge in [-0.15, -0.1) is 0 Å². The summed E-state index contributed by atoms with van der Waals surface area (Å²) in [7, 11) is -3.71. The maximum atomic E-state index is 11.8. The minimum atomic E-state index is -3.71. The summed E-state index contributed by atoms with van der Waals surface area (Å²) in [4.78, 5) is 3.65. The number of pyridine rings is 1. The Morgan fingerprint density at radius 1 is 1.44 bits per heavy atom. The number of nitrogens with zero attached hydrogens (tertiary/aromatic N) is 2. The van der Waals surface area contributed by atoms with Crippen molar-refractivity contribution in [2.75, 3.05) is 10.5 Å². The molecule has 0 aliphatic carbocycles. The van der Waals surface area contributed by atoms with Gasteiger partial charge in [0.25, 0.3) is 10.0 Å². The Balaban J connectivity index is 2.37. The van der Waals surface area contributed by atoms with E-state index in [1.807, 2.05) is 0 Å². The minimum absolute atomic E-state index is 0.0431. The van der Waals surface area contributed by atoms with Crippen LogP contribution >= 0.6 is 0 Å². The van der Waals surface area contributed by atoms with E-state index >= 15 is 0 Å². The first-order valence-electron chi connectivity index (χ1n) is 4.32. The summed E-state index contributed by atoms with van der Waals surface area (Å²) in [5.41, 5.74) is 5.82. The van der Waals surface area contributed by atoms with Crippen molar-refractivity contribution in [2.45, 2.75) is 4.90 Å². The Morgan fingerprint density at radius 2 is 2.25 bits per heavy atom. The smallest absolute Gasteiger partial charge is 0.265 e. The molecule has 0 aliphatic heterocycles. The average molecular weight is 239 g/mol. The molecule has 7 nitrogen and oxygen atoms in total. The fraction of sp³-hybridized carbons (Fsp3) is 0. The maximum absolute atomic E-state index is 11.8. The quantitative estimate of drug-likeness (QED) is 0.707. The van der Waals surface area contributed by atoms with Gasteiger partial charge in [-0.1, -0.05) is 0 Å². The third-order valence-corrected chi connectivity index (χ3v) is 3.27. The Hall–Kier alpha value is -2.09. The van der Waals surface area contributed by atoms with Gasteiger partial charge < -0.3 is 5.73 Å². The number of anilines is 2. The number of hydrogen-bond acceptors (Lipinski definition) is 5. The summed E-state index contributed by atoms with van der Waals surface area (Å²) in [6.07, 6.45) is 4.19. The zero-order valence-corrected chi connectivity index (χ0v) is 8.90. The summed E-state index contributed by atoms with van der Waals surface area (Å²) >= 11 is 0. The van der Waals surface area contributed by atoms with Crippen LogP contribution in [0.15, 0.2) is 35.6 Å². The zero-order chi connectivity index (χ0) is 11.6. The largest absolute Gasteiger partial charge is 0.383 e. The van der Waals surface area contributed by atoms with Gasteiger partial charge in [-0.05, 0) is 12.1 Å². The lowest BCUT2D eigenvalue weighted by atomic mass is 10.5. The molecule has 8 heteroatoms. The molecule has 2 heterocycles. The molecule has 0 saturated heterocycles. The lowest BCUT2D eigenvalue weighted by molar-refractivity contribution is 0.601. The van der Waals surface area contributed by atoms with Gasteiger partial charge in [0.05, 0.1) is 11.9 Å². The molecule has 2 rings (SSSR count). The topological polar surface area (TPSA) is 114 Å². The van der Waals surface area contributed by atoms with Crippen molar-refractivity contribution in [2.24, 2.45) is 0 Å². The predicted molar refractivity (Wildman–Crippen MR) is 58.0 cm³/mol. The van der Waals surface area contributed by atoms with E-state index in [0.717, 1.165) is 0 Å².